The van der Waals surface area contributed by atoms with Gasteiger partial charge in [0.15, 0.2) is 0 Å². The lowest BCUT2D eigenvalue weighted by Crippen LogP contribution is -2.38. The van der Waals surface area contributed by atoms with E-state index in [2.05, 4.69) is 0 Å². The molecular weight excluding hydrogens is 304 g/mol. The van der Waals surface area contributed by atoms with Crippen molar-refractivity contribution in [1.82, 2.24) is 9.21 Å². The summed E-state index contributed by atoms with van der Waals surface area (Å²) in [6, 6.07) is 5.07. The lowest BCUT2D eigenvalue weighted by Gasteiger charge is -2.18. The van der Waals surface area contributed by atoms with Crippen molar-refractivity contribution < 1.29 is 18.0 Å². The molecule has 0 bridgehead atoms. The zero-order chi connectivity index (χ0) is 15.9. The molecule has 1 fully saturated rings. The highest BCUT2D eigenvalue weighted by Crippen LogP contribution is 2.24. The van der Waals surface area contributed by atoms with Gasteiger partial charge in [0, 0.05) is 19.6 Å². The summed E-state index contributed by atoms with van der Waals surface area (Å²) >= 11 is 0. The van der Waals surface area contributed by atoms with E-state index in [4.69, 9.17) is 0 Å². The van der Waals surface area contributed by atoms with E-state index in [1.54, 1.807) is 18.2 Å². The normalized spacial score (nSPS) is 19.0. The summed E-state index contributed by atoms with van der Waals surface area (Å²) in [5, 5.41) is 0. The first kappa shape index (κ1) is 15.2. The molecule has 1 saturated heterocycles. The van der Waals surface area contributed by atoms with Crippen molar-refractivity contribution in [1.29, 1.82) is 0 Å². The molecule has 2 amide bonds. The summed E-state index contributed by atoms with van der Waals surface area (Å²) in [6.45, 7) is 2.82. The van der Waals surface area contributed by atoms with Gasteiger partial charge in [-0.05, 0) is 31.9 Å². The third-order valence-corrected chi connectivity index (χ3v) is 6.01. The molecule has 22 heavy (non-hydrogen) atoms. The number of hydrogen-bond donors (Lipinski definition) is 0. The van der Waals surface area contributed by atoms with Crippen molar-refractivity contribution in [3.05, 3.63) is 34.9 Å². The zero-order valence-corrected chi connectivity index (χ0v) is 13.2. The fraction of sp³-hybridized carbons (Fsp3) is 0.467. The first-order valence-corrected chi connectivity index (χ1v) is 8.96. The molecule has 1 aromatic carbocycles. The average molecular weight is 322 g/mol. The third kappa shape index (κ3) is 2.55. The monoisotopic (exact) mass is 322 g/mol. The van der Waals surface area contributed by atoms with Crippen molar-refractivity contribution in [3.63, 3.8) is 0 Å². The summed E-state index contributed by atoms with van der Waals surface area (Å²) in [7, 11) is -3.40. The van der Waals surface area contributed by atoms with Crippen LogP contribution in [0.1, 0.15) is 39.1 Å². The number of rotatable bonds is 4. The lowest BCUT2D eigenvalue weighted by atomic mass is 10.1. The second-order valence-corrected chi connectivity index (χ2v) is 7.82. The smallest absolute Gasteiger partial charge is 0.261 e. The standard InChI is InChI=1S/C15H18N2O4S/c1-11-4-5-12-13(10-11)15(19)17(14(12)18)8-9-22(20,21)16-6-2-3-7-16/h4-5,10H,2-3,6-9H2,1H3. The first-order valence-electron chi connectivity index (χ1n) is 7.35. The van der Waals surface area contributed by atoms with Crippen LogP contribution in [0.3, 0.4) is 0 Å². The second-order valence-electron chi connectivity index (χ2n) is 5.73. The quantitative estimate of drug-likeness (QED) is 0.776. The Balaban J connectivity index is 1.74. The molecule has 7 heteroatoms. The van der Waals surface area contributed by atoms with Gasteiger partial charge in [-0.2, -0.15) is 0 Å². The Kier molecular flexibility index (Phi) is 3.78. The predicted octanol–water partition coefficient (Wildman–Crippen LogP) is 1.02. The maximum atomic E-state index is 12.3. The summed E-state index contributed by atoms with van der Waals surface area (Å²) in [6.07, 6.45) is 1.73. The van der Waals surface area contributed by atoms with Gasteiger partial charge in [0.1, 0.15) is 0 Å². The number of aryl methyl sites for hydroxylation is 1. The van der Waals surface area contributed by atoms with Crippen LogP contribution in [-0.4, -0.2) is 54.8 Å². The van der Waals surface area contributed by atoms with E-state index in [1.165, 1.54) is 4.31 Å². The van der Waals surface area contributed by atoms with Gasteiger partial charge in [0.05, 0.1) is 16.9 Å². The number of nitrogens with zero attached hydrogens (tertiary/aromatic N) is 2. The van der Waals surface area contributed by atoms with E-state index in [0.29, 0.717) is 24.2 Å². The molecule has 0 N–H and O–H groups in total. The van der Waals surface area contributed by atoms with Crippen LogP contribution in [0.4, 0.5) is 0 Å². The molecule has 118 valence electrons. The molecule has 2 heterocycles. The topological polar surface area (TPSA) is 74.8 Å². The highest BCUT2D eigenvalue weighted by Gasteiger charge is 2.36. The Morgan fingerprint density at radius 3 is 2.36 bits per heavy atom. The molecule has 1 aromatic rings. The van der Waals surface area contributed by atoms with Gasteiger partial charge in [0.25, 0.3) is 11.8 Å². The van der Waals surface area contributed by atoms with Crippen molar-refractivity contribution in [2.45, 2.75) is 19.8 Å². The molecule has 0 aromatic heterocycles. The number of carbonyl (C=O) groups excluding carboxylic acids is 2. The van der Waals surface area contributed by atoms with Crippen LogP contribution in [0.5, 0.6) is 0 Å². The highest BCUT2D eigenvalue weighted by molar-refractivity contribution is 7.89. The molecule has 2 aliphatic heterocycles. The van der Waals surface area contributed by atoms with Crippen LogP contribution in [0.15, 0.2) is 18.2 Å². The SMILES string of the molecule is Cc1ccc2c(c1)C(=O)N(CCS(=O)(=O)N1CCCC1)C2=O. The Morgan fingerprint density at radius 1 is 1.05 bits per heavy atom. The Morgan fingerprint density at radius 2 is 1.68 bits per heavy atom. The van der Waals surface area contributed by atoms with Gasteiger partial charge < -0.3 is 0 Å². The van der Waals surface area contributed by atoms with Crippen molar-refractivity contribution in [2.24, 2.45) is 0 Å². The van der Waals surface area contributed by atoms with Crippen LogP contribution in [0.25, 0.3) is 0 Å². The van der Waals surface area contributed by atoms with Crippen LogP contribution in [-0.2, 0) is 10.0 Å². The van der Waals surface area contributed by atoms with E-state index in [0.717, 1.165) is 23.3 Å². The van der Waals surface area contributed by atoms with E-state index >= 15 is 0 Å². The van der Waals surface area contributed by atoms with Gasteiger partial charge in [-0.1, -0.05) is 11.6 Å². The van der Waals surface area contributed by atoms with Crippen molar-refractivity contribution >= 4 is 21.8 Å². The molecule has 3 rings (SSSR count). The molecule has 0 aliphatic carbocycles. The van der Waals surface area contributed by atoms with Gasteiger partial charge >= 0.3 is 0 Å². The average Bonchev–Trinajstić information content (AvgIpc) is 3.07. The lowest BCUT2D eigenvalue weighted by molar-refractivity contribution is 0.0664. The molecule has 0 spiro atoms. The Labute approximate surface area is 129 Å². The zero-order valence-electron chi connectivity index (χ0n) is 12.4. The predicted molar refractivity (Wildman–Crippen MR) is 81.1 cm³/mol. The summed E-state index contributed by atoms with van der Waals surface area (Å²) in [4.78, 5) is 25.6. The van der Waals surface area contributed by atoms with Crippen LogP contribution < -0.4 is 0 Å². The molecule has 0 unspecified atom stereocenters. The number of benzene rings is 1. The molecular formula is C15H18N2O4S. The third-order valence-electron chi connectivity index (χ3n) is 4.16. The fourth-order valence-corrected chi connectivity index (χ4v) is 4.40. The summed E-state index contributed by atoms with van der Waals surface area (Å²) < 4.78 is 25.9. The van der Waals surface area contributed by atoms with Gasteiger partial charge in [-0.15, -0.1) is 0 Å². The summed E-state index contributed by atoms with van der Waals surface area (Å²) in [5.41, 5.74) is 1.61. The number of fused-ring (bicyclic) bond motifs is 1. The highest BCUT2D eigenvalue weighted by atomic mass is 32.2. The summed E-state index contributed by atoms with van der Waals surface area (Å²) in [5.74, 6) is -1.02. The van der Waals surface area contributed by atoms with E-state index in [9.17, 15) is 18.0 Å². The molecule has 0 saturated carbocycles. The fourth-order valence-electron chi connectivity index (χ4n) is 2.91. The van der Waals surface area contributed by atoms with Crippen molar-refractivity contribution in [3.8, 4) is 0 Å². The van der Waals surface area contributed by atoms with E-state index in [-0.39, 0.29) is 12.3 Å². The van der Waals surface area contributed by atoms with Gasteiger partial charge in [-0.25, -0.2) is 12.7 Å². The minimum Gasteiger partial charge on any atom is -0.273 e. The Hall–Kier alpha value is -1.73. The number of sulfonamides is 1. The Bertz CT molecular complexity index is 736. The number of amides is 2. The minimum atomic E-state index is -3.40. The maximum absolute atomic E-state index is 12.3. The van der Waals surface area contributed by atoms with Crippen LogP contribution >= 0.6 is 0 Å². The first-order chi connectivity index (χ1) is 10.4. The largest absolute Gasteiger partial charge is 0.273 e. The van der Waals surface area contributed by atoms with Gasteiger partial charge in [-0.3, -0.25) is 14.5 Å². The molecule has 2 aliphatic rings. The molecule has 0 radical (unpaired) electrons. The van der Waals surface area contributed by atoms with E-state index < -0.39 is 21.8 Å². The van der Waals surface area contributed by atoms with Crippen LogP contribution in [0.2, 0.25) is 0 Å². The maximum Gasteiger partial charge on any atom is 0.261 e. The number of carbonyl (C=O) groups is 2. The van der Waals surface area contributed by atoms with Crippen LogP contribution in [0, 0.1) is 6.92 Å². The second kappa shape index (κ2) is 5.48. The van der Waals surface area contributed by atoms with Crippen molar-refractivity contribution in [2.75, 3.05) is 25.4 Å². The molecule has 6 nitrogen and oxygen atoms in total. The van der Waals surface area contributed by atoms with E-state index in [1.807, 2.05) is 6.92 Å². The number of hydrogen-bond acceptors (Lipinski definition) is 4. The van der Waals surface area contributed by atoms with Gasteiger partial charge in [0.2, 0.25) is 10.0 Å². The number of imide groups is 1. The minimum absolute atomic E-state index is 0.0930. The molecule has 0 atom stereocenters.